The first-order valence-corrected chi connectivity index (χ1v) is 13.9. The minimum Gasteiger partial charge on any atom is -0.454 e. The van der Waals surface area contributed by atoms with Gasteiger partial charge in [0.15, 0.2) is 11.5 Å². The first-order valence-electron chi connectivity index (χ1n) is 12.1. The normalized spacial score (nSPS) is 19.5. The summed E-state index contributed by atoms with van der Waals surface area (Å²) in [4.78, 5) is 17.5. The lowest BCUT2D eigenvalue weighted by Gasteiger charge is -2.35. The largest absolute Gasteiger partial charge is 0.454 e. The number of halogens is 1. The molecule has 2 saturated heterocycles. The summed E-state index contributed by atoms with van der Waals surface area (Å²) in [6.45, 7) is 4.55. The van der Waals surface area contributed by atoms with Gasteiger partial charge < -0.3 is 14.4 Å². The van der Waals surface area contributed by atoms with E-state index in [4.69, 9.17) is 21.1 Å². The predicted molar refractivity (Wildman–Crippen MR) is 132 cm³/mol. The topological polar surface area (TPSA) is 79.4 Å². The van der Waals surface area contributed by atoms with E-state index in [2.05, 4.69) is 4.90 Å². The van der Waals surface area contributed by atoms with Gasteiger partial charge >= 0.3 is 0 Å². The molecule has 0 atom stereocenters. The number of hydrogen-bond donors (Lipinski definition) is 0. The van der Waals surface area contributed by atoms with E-state index < -0.39 is 10.0 Å². The lowest BCUT2D eigenvalue weighted by atomic mass is 10.1. The molecule has 0 saturated carbocycles. The van der Waals surface area contributed by atoms with Crippen LogP contribution in [-0.4, -0.2) is 74.5 Å². The highest BCUT2D eigenvalue weighted by Crippen LogP contribution is 2.33. The summed E-state index contributed by atoms with van der Waals surface area (Å²) in [5, 5.41) is 0.271. The molecule has 0 aromatic heterocycles. The molecule has 3 aliphatic rings. The van der Waals surface area contributed by atoms with Gasteiger partial charge in [0.05, 0.1) is 15.5 Å². The summed E-state index contributed by atoms with van der Waals surface area (Å²) in [6.07, 6.45) is 3.79. The smallest absolute Gasteiger partial charge is 0.255 e. The lowest BCUT2D eigenvalue weighted by Crippen LogP contribution is -2.48. The van der Waals surface area contributed by atoms with E-state index in [9.17, 15) is 13.2 Å². The second-order valence-electron chi connectivity index (χ2n) is 9.22. The molecular formula is C25H30ClN3O5S. The van der Waals surface area contributed by atoms with Crippen LogP contribution in [-0.2, 0) is 16.6 Å². The second kappa shape index (κ2) is 10.3. The van der Waals surface area contributed by atoms with Gasteiger partial charge in [0.1, 0.15) is 0 Å². The summed E-state index contributed by atoms with van der Waals surface area (Å²) in [5.74, 6) is 1.30. The van der Waals surface area contributed by atoms with Crippen molar-refractivity contribution in [3.8, 4) is 11.5 Å². The van der Waals surface area contributed by atoms with Crippen LogP contribution in [0, 0.1) is 0 Å². The minimum absolute atomic E-state index is 0.133. The molecule has 35 heavy (non-hydrogen) atoms. The summed E-state index contributed by atoms with van der Waals surface area (Å²) >= 11 is 6.37. The van der Waals surface area contributed by atoms with Crippen molar-refractivity contribution >= 4 is 27.5 Å². The number of amides is 1. The Bertz CT molecular complexity index is 1190. The molecule has 0 unspecified atom stereocenters. The van der Waals surface area contributed by atoms with E-state index in [1.54, 1.807) is 4.90 Å². The van der Waals surface area contributed by atoms with Crippen LogP contribution < -0.4 is 9.47 Å². The first kappa shape index (κ1) is 24.4. The monoisotopic (exact) mass is 519 g/mol. The Morgan fingerprint density at radius 1 is 0.857 bits per heavy atom. The maximum Gasteiger partial charge on any atom is 0.255 e. The van der Waals surface area contributed by atoms with Crippen molar-refractivity contribution in [3.63, 3.8) is 0 Å². The van der Waals surface area contributed by atoms with Crippen molar-refractivity contribution < 1.29 is 22.7 Å². The number of fused-ring (bicyclic) bond motifs is 1. The molecule has 0 N–H and O–H groups in total. The van der Waals surface area contributed by atoms with Crippen LogP contribution in [0.5, 0.6) is 11.5 Å². The van der Waals surface area contributed by atoms with Gasteiger partial charge in [-0.1, -0.05) is 30.5 Å². The molecule has 0 aliphatic carbocycles. The van der Waals surface area contributed by atoms with E-state index in [1.807, 2.05) is 18.2 Å². The molecule has 10 heteroatoms. The fourth-order valence-corrected chi connectivity index (χ4v) is 6.58. The van der Waals surface area contributed by atoms with Crippen LogP contribution in [0.25, 0.3) is 0 Å². The molecule has 0 radical (unpaired) electrons. The third-order valence-corrected chi connectivity index (χ3v) is 9.10. The molecule has 1 amide bonds. The van der Waals surface area contributed by atoms with Gasteiger partial charge in [0.2, 0.25) is 16.8 Å². The molecule has 5 rings (SSSR count). The molecule has 2 fully saturated rings. The van der Waals surface area contributed by atoms with Gasteiger partial charge in [0.25, 0.3) is 5.91 Å². The van der Waals surface area contributed by atoms with E-state index >= 15 is 0 Å². The molecular weight excluding hydrogens is 490 g/mol. The first-order chi connectivity index (χ1) is 16.9. The van der Waals surface area contributed by atoms with Crippen molar-refractivity contribution in [1.82, 2.24) is 14.1 Å². The van der Waals surface area contributed by atoms with Crippen LogP contribution in [0.4, 0.5) is 0 Å². The van der Waals surface area contributed by atoms with Gasteiger partial charge in [-0.05, 0) is 48.7 Å². The Morgan fingerprint density at radius 3 is 2.31 bits per heavy atom. The average molecular weight is 520 g/mol. The molecule has 8 nitrogen and oxygen atoms in total. The molecule has 3 aliphatic heterocycles. The third kappa shape index (κ3) is 5.28. The van der Waals surface area contributed by atoms with Crippen LogP contribution in [0.3, 0.4) is 0 Å². The van der Waals surface area contributed by atoms with E-state index in [0.29, 0.717) is 39.3 Å². The van der Waals surface area contributed by atoms with E-state index in [1.165, 1.54) is 22.5 Å². The fourth-order valence-electron chi connectivity index (χ4n) is 4.84. The highest BCUT2D eigenvalue weighted by Gasteiger charge is 2.29. The number of piperazine rings is 1. The van der Waals surface area contributed by atoms with Gasteiger partial charge in [-0.25, -0.2) is 8.42 Å². The predicted octanol–water partition coefficient (Wildman–Crippen LogP) is 3.59. The molecule has 3 heterocycles. The maximum absolute atomic E-state index is 13.3. The van der Waals surface area contributed by atoms with E-state index in [0.717, 1.165) is 49.3 Å². The van der Waals surface area contributed by atoms with Crippen molar-refractivity contribution in [1.29, 1.82) is 0 Å². The van der Waals surface area contributed by atoms with Crippen LogP contribution in [0.2, 0.25) is 5.02 Å². The Hall–Kier alpha value is -2.33. The van der Waals surface area contributed by atoms with Crippen molar-refractivity contribution in [3.05, 3.63) is 52.5 Å². The number of sulfonamides is 1. The number of nitrogens with zero attached hydrogens (tertiary/aromatic N) is 3. The standard InChI is InChI=1S/C25H30ClN3O5S/c26-22-7-6-20(35(31,32)29-9-3-1-2-4-10-29)16-21(22)25(30)28-13-11-27(12-14-28)17-19-5-8-23-24(15-19)34-18-33-23/h5-8,15-16H,1-4,9-14,17-18H2. The number of carbonyl (C=O) groups is 1. The van der Waals surface area contributed by atoms with Crippen LogP contribution >= 0.6 is 11.6 Å². The fraction of sp³-hybridized carbons (Fsp3) is 0.480. The molecule has 188 valence electrons. The minimum atomic E-state index is -3.66. The Balaban J connectivity index is 1.24. The zero-order valence-corrected chi connectivity index (χ0v) is 21.2. The maximum atomic E-state index is 13.3. The second-order valence-corrected chi connectivity index (χ2v) is 11.6. The SMILES string of the molecule is O=C(c1cc(S(=O)(=O)N2CCCCCC2)ccc1Cl)N1CCN(Cc2ccc3c(c2)OCO3)CC1. The number of rotatable bonds is 5. The van der Waals surface area contributed by atoms with Crippen molar-refractivity contribution in [2.75, 3.05) is 46.1 Å². The number of carbonyl (C=O) groups excluding carboxylic acids is 1. The van der Waals surface area contributed by atoms with Crippen LogP contribution in [0.1, 0.15) is 41.6 Å². The highest BCUT2D eigenvalue weighted by molar-refractivity contribution is 7.89. The van der Waals surface area contributed by atoms with E-state index in [-0.39, 0.29) is 28.2 Å². The summed E-state index contributed by atoms with van der Waals surface area (Å²) in [6, 6.07) is 10.4. The van der Waals surface area contributed by atoms with Crippen molar-refractivity contribution in [2.24, 2.45) is 0 Å². The summed E-state index contributed by atoms with van der Waals surface area (Å²) in [7, 11) is -3.66. The summed E-state index contributed by atoms with van der Waals surface area (Å²) in [5.41, 5.74) is 1.37. The zero-order chi connectivity index (χ0) is 24.4. The zero-order valence-electron chi connectivity index (χ0n) is 19.6. The molecule has 2 aromatic rings. The Morgan fingerprint density at radius 2 is 1.57 bits per heavy atom. The molecule has 2 aromatic carbocycles. The van der Waals surface area contributed by atoms with Gasteiger partial charge in [0, 0.05) is 45.8 Å². The third-order valence-electron chi connectivity index (χ3n) is 6.87. The quantitative estimate of drug-likeness (QED) is 0.600. The van der Waals surface area contributed by atoms with Gasteiger partial charge in [-0.2, -0.15) is 4.31 Å². The molecule has 0 spiro atoms. The Labute approximate surface area is 211 Å². The molecule has 0 bridgehead atoms. The number of ether oxygens (including phenoxy) is 2. The number of benzene rings is 2. The van der Waals surface area contributed by atoms with Gasteiger partial charge in [-0.3, -0.25) is 9.69 Å². The Kier molecular flexibility index (Phi) is 7.20. The van der Waals surface area contributed by atoms with Crippen molar-refractivity contribution in [2.45, 2.75) is 37.1 Å². The average Bonchev–Trinajstić information content (AvgIpc) is 3.14. The lowest BCUT2D eigenvalue weighted by molar-refractivity contribution is 0.0628. The number of hydrogen-bond acceptors (Lipinski definition) is 6. The summed E-state index contributed by atoms with van der Waals surface area (Å²) < 4.78 is 38.8. The van der Waals surface area contributed by atoms with Crippen LogP contribution in [0.15, 0.2) is 41.3 Å². The van der Waals surface area contributed by atoms with Gasteiger partial charge in [-0.15, -0.1) is 0 Å². The highest BCUT2D eigenvalue weighted by atomic mass is 35.5.